The van der Waals surface area contributed by atoms with E-state index in [-0.39, 0.29) is 32.7 Å². The van der Waals surface area contributed by atoms with Gasteiger partial charge in [0.1, 0.15) is 0 Å². The molecule has 0 heterocycles. The van der Waals surface area contributed by atoms with Gasteiger partial charge in [0.15, 0.2) is 6.21 Å². The van der Waals surface area contributed by atoms with Crippen LogP contribution in [-0.4, -0.2) is 11.0 Å². The molecule has 0 aromatic rings. The van der Waals surface area contributed by atoms with Crippen molar-refractivity contribution in [1.82, 2.24) is 0 Å². The second-order valence-corrected chi connectivity index (χ2v) is 1.18. The van der Waals surface area contributed by atoms with Crippen LogP contribution < -0.4 is 0 Å². The zero-order chi connectivity index (χ0) is 5.70. The van der Waals surface area contributed by atoms with Crippen molar-refractivity contribution in [2.75, 3.05) is 0 Å². The quantitative estimate of drug-likeness (QED) is 0.253. The number of nitrogens with zero attached hydrogens (tertiary/aromatic N) is 2. The van der Waals surface area contributed by atoms with Crippen molar-refractivity contribution >= 4 is 6.21 Å². The van der Waals surface area contributed by atoms with E-state index in [9.17, 15) is 0 Å². The average molecular weight is 184 g/mol. The summed E-state index contributed by atoms with van der Waals surface area (Å²) < 4.78 is 0. The summed E-state index contributed by atoms with van der Waals surface area (Å²) >= 11 is 0. The van der Waals surface area contributed by atoms with E-state index >= 15 is 0 Å². The molecule has 0 aliphatic rings. The molecule has 41 valence electrons. The molecule has 0 saturated heterocycles. The van der Waals surface area contributed by atoms with E-state index in [0.717, 1.165) is 5.57 Å². The molecule has 3 heteroatoms. The van der Waals surface area contributed by atoms with E-state index in [1.807, 2.05) is 6.92 Å². The van der Waals surface area contributed by atoms with Crippen LogP contribution in [0.25, 0.3) is 5.53 Å². The number of rotatable bonds is 1. The monoisotopic (exact) mass is 184 g/mol. The molecule has 0 fully saturated rings. The van der Waals surface area contributed by atoms with Gasteiger partial charge < -0.3 is 5.53 Å². The van der Waals surface area contributed by atoms with Crippen molar-refractivity contribution in [3.63, 3.8) is 0 Å². The van der Waals surface area contributed by atoms with Crippen molar-refractivity contribution in [1.29, 1.82) is 0 Å². The summed E-state index contributed by atoms with van der Waals surface area (Å²) in [6.07, 6.45) is 4.14. The van der Waals surface area contributed by atoms with Gasteiger partial charge in [0.05, 0.1) is 0 Å². The third kappa shape index (κ3) is 6.22. The summed E-state index contributed by atoms with van der Waals surface area (Å²) in [5.74, 6) is 0. The molecule has 0 amide bonds. The molecule has 0 atom stereocenters. The van der Waals surface area contributed by atoms with Gasteiger partial charge in [0, 0.05) is 32.7 Å². The van der Waals surface area contributed by atoms with Gasteiger partial charge in [-0.2, -0.15) is 0 Å². The van der Waals surface area contributed by atoms with E-state index in [4.69, 9.17) is 5.53 Å². The Labute approximate surface area is 74.5 Å². The molecule has 0 spiro atoms. The minimum Gasteiger partial charge on any atom is -0.385 e. The van der Waals surface area contributed by atoms with Crippen LogP contribution >= 0.6 is 0 Å². The zero-order valence-corrected chi connectivity index (χ0v) is 7.89. The Hall–Kier alpha value is 0.224. The Kier molecular flexibility index (Phi) is 10.0. The predicted octanol–water partition coefficient (Wildman–Crippen LogP) is 1.13. The fraction of sp³-hybridized carbons (Fsp3) is 0.400. The topological polar surface area (TPSA) is 36.4 Å². The molecule has 0 aromatic carbocycles. The minimum absolute atomic E-state index is 0. The average Bonchev–Trinajstić information content (AvgIpc) is 1.68. The molecular weight excluding hydrogens is 177 g/mol. The van der Waals surface area contributed by atoms with Gasteiger partial charge in [-0.1, -0.05) is 6.92 Å². The zero-order valence-electron chi connectivity index (χ0n) is 5.05. The van der Waals surface area contributed by atoms with E-state index in [1.165, 1.54) is 0 Å². The molecule has 0 aliphatic heterocycles. The summed E-state index contributed by atoms with van der Waals surface area (Å²) in [5, 5.41) is 0. The molecule has 0 aliphatic carbocycles. The molecule has 0 aromatic heterocycles. The fourth-order valence-corrected chi connectivity index (χ4v) is 0.143. The van der Waals surface area contributed by atoms with Gasteiger partial charge in [-0.25, -0.2) is 6.08 Å². The van der Waals surface area contributed by atoms with Gasteiger partial charge in [0.25, 0.3) is 0 Å². The molecule has 1 radical (unpaired) electrons. The summed E-state index contributed by atoms with van der Waals surface area (Å²) in [4.78, 5) is 2.69. The number of hydrogen-bond acceptors (Lipinski definition) is 0. The van der Waals surface area contributed by atoms with Crippen molar-refractivity contribution in [2.45, 2.75) is 13.8 Å². The normalized spacial score (nSPS) is 9.00. The first-order valence-corrected chi connectivity index (χ1v) is 2.04. The van der Waals surface area contributed by atoms with Gasteiger partial charge in [-0.3, -0.25) is 4.79 Å². The van der Waals surface area contributed by atoms with Gasteiger partial charge in [-0.15, -0.1) is 12.5 Å². The molecular formula is C5H7N2Y-. The van der Waals surface area contributed by atoms with Crippen molar-refractivity contribution < 1.29 is 37.5 Å². The van der Waals surface area contributed by atoms with Crippen LogP contribution in [0.5, 0.6) is 0 Å². The van der Waals surface area contributed by atoms with Crippen molar-refractivity contribution in [3.05, 3.63) is 17.2 Å². The Bertz CT molecular complexity index is 122. The van der Waals surface area contributed by atoms with Crippen LogP contribution in [0.1, 0.15) is 13.8 Å². The van der Waals surface area contributed by atoms with Gasteiger partial charge >= 0.3 is 0 Å². The van der Waals surface area contributed by atoms with E-state index in [1.54, 1.807) is 13.0 Å². The first-order chi connectivity index (χ1) is 3.31. The second kappa shape index (κ2) is 7.22. The molecule has 0 rings (SSSR count). The molecule has 2 nitrogen and oxygen atoms in total. The first kappa shape index (κ1) is 11.1. The van der Waals surface area contributed by atoms with E-state index in [2.05, 4.69) is 11.0 Å². The summed E-state index contributed by atoms with van der Waals surface area (Å²) in [7, 11) is 0. The number of hydrogen-bond donors (Lipinski definition) is 0. The Morgan fingerprint density at radius 1 is 1.75 bits per heavy atom. The van der Waals surface area contributed by atoms with Crippen molar-refractivity contribution in [2.24, 2.45) is 0 Å². The van der Waals surface area contributed by atoms with E-state index < -0.39 is 0 Å². The first-order valence-electron chi connectivity index (χ1n) is 2.04. The summed E-state index contributed by atoms with van der Waals surface area (Å²) in [5.41, 5.74) is 8.68. The van der Waals surface area contributed by atoms with Crippen LogP contribution in [0, 0.1) is 0 Å². The fourth-order valence-electron chi connectivity index (χ4n) is 0.143. The molecule has 0 unspecified atom stereocenters. The Morgan fingerprint density at radius 3 is 2.38 bits per heavy atom. The molecule has 8 heavy (non-hydrogen) atoms. The Balaban J connectivity index is 0. The third-order valence-electron chi connectivity index (χ3n) is 0.659. The predicted molar refractivity (Wildman–Crippen MR) is 28.1 cm³/mol. The smallest absolute Gasteiger partial charge is 0.179 e. The van der Waals surface area contributed by atoms with Crippen molar-refractivity contribution in [3.8, 4) is 0 Å². The summed E-state index contributed by atoms with van der Waals surface area (Å²) in [6.45, 7) is 3.66. The standard InChI is InChI=1S/C5H7N2.Y/c1-3-5(2)4-7-6;/h3H,1-2H3;/q-1;/b5-3+;. The van der Waals surface area contributed by atoms with Crippen LogP contribution in [0.4, 0.5) is 0 Å². The molecule has 0 N–H and O–H groups in total. The number of allylic oxidation sites excluding steroid dienone is 2. The SMILES string of the molecule is C/C=C(\C)[C-]=[N+]=[N-].[Y]. The van der Waals surface area contributed by atoms with E-state index in [0.29, 0.717) is 0 Å². The maximum atomic E-state index is 7.84. The van der Waals surface area contributed by atoms with Crippen LogP contribution in [0.15, 0.2) is 11.6 Å². The maximum absolute atomic E-state index is 7.84. The Morgan fingerprint density at radius 2 is 2.25 bits per heavy atom. The van der Waals surface area contributed by atoms with Crippen LogP contribution in [-0.2, 0) is 32.7 Å². The second-order valence-electron chi connectivity index (χ2n) is 1.18. The van der Waals surface area contributed by atoms with Gasteiger partial charge in [0.2, 0.25) is 0 Å². The maximum Gasteiger partial charge on any atom is 0.179 e. The van der Waals surface area contributed by atoms with Crippen LogP contribution in [0.2, 0.25) is 0 Å². The van der Waals surface area contributed by atoms with Crippen LogP contribution in [0.3, 0.4) is 0 Å². The molecule has 0 bridgehead atoms. The largest absolute Gasteiger partial charge is 0.385 e. The summed E-state index contributed by atoms with van der Waals surface area (Å²) in [6, 6.07) is 0. The third-order valence-corrected chi connectivity index (χ3v) is 0.659. The minimum atomic E-state index is 0. The molecule has 0 saturated carbocycles. The van der Waals surface area contributed by atoms with Gasteiger partial charge in [-0.05, 0) is 0 Å².